The Labute approximate surface area is 223 Å². The van der Waals surface area contributed by atoms with Crippen LogP contribution in [-0.2, 0) is 4.79 Å². The maximum Gasteiger partial charge on any atom is 0.237 e. The summed E-state index contributed by atoms with van der Waals surface area (Å²) in [5, 5.41) is 12.2. The van der Waals surface area contributed by atoms with E-state index in [0.29, 0.717) is 32.3 Å². The van der Waals surface area contributed by atoms with Gasteiger partial charge in [-0.2, -0.15) is 0 Å². The molecule has 0 spiro atoms. The molecule has 0 radical (unpaired) electrons. The summed E-state index contributed by atoms with van der Waals surface area (Å²) in [6, 6.07) is 20.0. The molecule has 1 heterocycles. The van der Waals surface area contributed by atoms with Crippen LogP contribution in [0.15, 0.2) is 71.9 Å². The molecule has 1 N–H and O–H groups in total. The minimum Gasteiger partial charge on any atom is -0.497 e. The van der Waals surface area contributed by atoms with Crippen molar-refractivity contribution < 1.29 is 14.3 Å². The first-order chi connectivity index (χ1) is 17.4. The van der Waals surface area contributed by atoms with Crippen LogP contribution in [-0.4, -0.2) is 40.6 Å². The van der Waals surface area contributed by atoms with Gasteiger partial charge in [-0.1, -0.05) is 35.0 Å². The van der Waals surface area contributed by atoms with Crippen molar-refractivity contribution in [3.63, 3.8) is 0 Å². The average molecular weight is 541 g/mol. The van der Waals surface area contributed by atoms with Crippen LogP contribution >= 0.6 is 35.0 Å². The number of halogens is 2. The smallest absolute Gasteiger partial charge is 0.237 e. The Balaban J connectivity index is 1.62. The van der Waals surface area contributed by atoms with Crippen molar-refractivity contribution in [2.75, 3.05) is 19.5 Å². The highest BCUT2D eigenvalue weighted by atomic mass is 35.5. The van der Waals surface area contributed by atoms with Gasteiger partial charge in [0.25, 0.3) is 0 Å². The quantitative estimate of drug-likeness (QED) is 0.250. The zero-order valence-corrected chi connectivity index (χ0v) is 22.0. The van der Waals surface area contributed by atoms with Gasteiger partial charge in [0.2, 0.25) is 11.1 Å². The molecule has 0 aliphatic heterocycles. The SMILES string of the molecule is COc1ccc(-c2nnc(SC(C)C(=O)Nc3ccc(Cl)c(Cl)c3)nc2-c2ccc(OC)cc2)cc1. The van der Waals surface area contributed by atoms with Gasteiger partial charge in [-0.25, -0.2) is 4.98 Å². The zero-order chi connectivity index (χ0) is 25.7. The summed E-state index contributed by atoms with van der Waals surface area (Å²) >= 11 is 13.2. The normalized spacial score (nSPS) is 11.6. The van der Waals surface area contributed by atoms with Gasteiger partial charge < -0.3 is 14.8 Å². The number of hydrogen-bond acceptors (Lipinski definition) is 7. The van der Waals surface area contributed by atoms with Gasteiger partial charge in [-0.3, -0.25) is 4.79 Å². The zero-order valence-electron chi connectivity index (χ0n) is 19.7. The summed E-state index contributed by atoms with van der Waals surface area (Å²) in [6.45, 7) is 1.77. The van der Waals surface area contributed by atoms with Crippen molar-refractivity contribution in [3.05, 3.63) is 76.8 Å². The third-order valence-electron chi connectivity index (χ3n) is 5.23. The molecule has 1 amide bonds. The van der Waals surface area contributed by atoms with Crippen molar-refractivity contribution >= 4 is 46.6 Å². The van der Waals surface area contributed by atoms with Crippen LogP contribution < -0.4 is 14.8 Å². The minimum atomic E-state index is -0.503. The van der Waals surface area contributed by atoms with Crippen LogP contribution in [0.1, 0.15) is 6.92 Å². The summed E-state index contributed by atoms with van der Waals surface area (Å²) < 4.78 is 10.5. The van der Waals surface area contributed by atoms with Crippen LogP contribution in [0.5, 0.6) is 11.5 Å². The van der Waals surface area contributed by atoms with E-state index in [0.717, 1.165) is 22.6 Å². The molecule has 184 valence electrons. The van der Waals surface area contributed by atoms with Crippen LogP contribution in [0.2, 0.25) is 10.0 Å². The molecular weight excluding hydrogens is 519 g/mol. The van der Waals surface area contributed by atoms with Crippen LogP contribution in [0, 0.1) is 0 Å². The standard InChI is InChI=1S/C26H22Cl2N4O3S/c1-15(25(33)29-18-8-13-21(27)22(28)14-18)36-26-30-23(16-4-9-19(34-2)10-5-16)24(31-32-26)17-6-11-20(35-3)12-7-17/h4-15H,1-3H3,(H,29,33). The fourth-order valence-electron chi connectivity index (χ4n) is 3.28. The molecule has 0 saturated carbocycles. The van der Waals surface area contributed by atoms with E-state index in [9.17, 15) is 4.79 Å². The van der Waals surface area contributed by atoms with Crippen LogP contribution in [0.3, 0.4) is 0 Å². The number of carbonyl (C=O) groups excluding carboxylic acids is 1. The molecule has 36 heavy (non-hydrogen) atoms. The topological polar surface area (TPSA) is 86.2 Å². The fraction of sp³-hybridized carbons (Fsp3) is 0.154. The fourth-order valence-corrected chi connectivity index (χ4v) is 4.30. The number of nitrogens with zero attached hydrogens (tertiary/aromatic N) is 3. The Hall–Kier alpha value is -3.33. The maximum absolute atomic E-state index is 12.8. The Bertz CT molecular complexity index is 1370. The number of amides is 1. The number of anilines is 1. The molecule has 0 fully saturated rings. The van der Waals surface area contributed by atoms with Crippen molar-refractivity contribution in [2.24, 2.45) is 0 Å². The van der Waals surface area contributed by atoms with Crippen molar-refractivity contribution in [2.45, 2.75) is 17.3 Å². The lowest BCUT2D eigenvalue weighted by Gasteiger charge is -2.13. The number of carbonyl (C=O) groups is 1. The van der Waals surface area contributed by atoms with E-state index in [-0.39, 0.29) is 5.91 Å². The molecule has 4 rings (SSSR count). The summed E-state index contributed by atoms with van der Waals surface area (Å²) in [7, 11) is 3.23. The first-order valence-electron chi connectivity index (χ1n) is 10.8. The summed E-state index contributed by atoms with van der Waals surface area (Å²) in [4.78, 5) is 17.5. The predicted octanol–water partition coefficient (Wildman–Crippen LogP) is 6.65. The van der Waals surface area contributed by atoms with Gasteiger partial charge in [0.1, 0.15) is 22.9 Å². The summed E-state index contributed by atoms with van der Waals surface area (Å²) in [5.74, 6) is 1.24. The highest BCUT2D eigenvalue weighted by molar-refractivity contribution is 8.00. The van der Waals surface area contributed by atoms with E-state index in [1.165, 1.54) is 11.8 Å². The van der Waals surface area contributed by atoms with Crippen LogP contribution in [0.25, 0.3) is 22.5 Å². The van der Waals surface area contributed by atoms with E-state index in [1.54, 1.807) is 39.3 Å². The molecule has 1 aromatic heterocycles. The van der Waals surface area contributed by atoms with Crippen molar-refractivity contribution in [1.82, 2.24) is 15.2 Å². The molecule has 1 atom stereocenters. The number of benzene rings is 3. The number of nitrogens with one attached hydrogen (secondary N) is 1. The second-order valence-corrected chi connectivity index (χ2v) is 9.75. The van der Waals surface area contributed by atoms with Crippen LogP contribution in [0.4, 0.5) is 5.69 Å². The number of ether oxygens (including phenoxy) is 2. The molecule has 7 nitrogen and oxygen atoms in total. The van der Waals surface area contributed by atoms with Crippen molar-refractivity contribution in [3.8, 4) is 34.0 Å². The Morgan fingerprint density at radius 3 is 1.97 bits per heavy atom. The van der Waals surface area contributed by atoms with E-state index in [1.807, 2.05) is 48.5 Å². The highest BCUT2D eigenvalue weighted by Gasteiger charge is 2.20. The Kier molecular flexibility index (Phi) is 8.30. The summed E-state index contributed by atoms with van der Waals surface area (Å²) in [6.07, 6.45) is 0. The monoisotopic (exact) mass is 540 g/mol. The molecule has 1 unspecified atom stereocenters. The van der Waals surface area contributed by atoms with E-state index in [4.69, 9.17) is 37.7 Å². The Morgan fingerprint density at radius 2 is 1.42 bits per heavy atom. The molecule has 0 bridgehead atoms. The Morgan fingerprint density at radius 1 is 0.833 bits per heavy atom. The molecule has 0 saturated heterocycles. The second kappa shape index (κ2) is 11.6. The largest absolute Gasteiger partial charge is 0.497 e. The summed E-state index contributed by atoms with van der Waals surface area (Å²) in [5.41, 5.74) is 3.47. The van der Waals surface area contributed by atoms with Gasteiger partial charge in [0, 0.05) is 16.8 Å². The lowest BCUT2D eigenvalue weighted by atomic mass is 10.0. The van der Waals surface area contributed by atoms with Crippen molar-refractivity contribution in [1.29, 1.82) is 0 Å². The third-order valence-corrected chi connectivity index (χ3v) is 6.92. The molecule has 0 aliphatic rings. The van der Waals surface area contributed by atoms with Gasteiger partial charge in [0.05, 0.1) is 29.5 Å². The third kappa shape index (κ3) is 6.07. The molecule has 4 aromatic rings. The molecule has 0 aliphatic carbocycles. The van der Waals surface area contributed by atoms with Gasteiger partial charge in [-0.05, 0) is 73.7 Å². The van der Waals surface area contributed by atoms with Gasteiger partial charge in [0.15, 0.2) is 0 Å². The number of rotatable bonds is 8. The first kappa shape index (κ1) is 25.8. The first-order valence-corrected chi connectivity index (χ1v) is 12.5. The number of aromatic nitrogens is 3. The maximum atomic E-state index is 12.8. The molecular formula is C26H22Cl2N4O3S. The lowest BCUT2D eigenvalue weighted by molar-refractivity contribution is -0.115. The molecule has 3 aromatic carbocycles. The average Bonchev–Trinajstić information content (AvgIpc) is 2.91. The molecule has 10 heteroatoms. The lowest BCUT2D eigenvalue weighted by Crippen LogP contribution is -2.22. The second-order valence-electron chi connectivity index (χ2n) is 7.63. The number of thioether (sulfide) groups is 1. The van der Waals surface area contributed by atoms with E-state index < -0.39 is 5.25 Å². The highest BCUT2D eigenvalue weighted by Crippen LogP contribution is 2.33. The number of hydrogen-bond donors (Lipinski definition) is 1. The van der Waals surface area contributed by atoms with E-state index >= 15 is 0 Å². The predicted molar refractivity (Wildman–Crippen MR) is 144 cm³/mol. The van der Waals surface area contributed by atoms with E-state index in [2.05, 4.69) is 15.5 Å². The van der Waals surface area contributed by atoms with Gasteiger partial charge in [-0.15, -0.1) is 10.2 Å². The number of methoxy groups -OCH3 is 2. The minimum absolute atomic E-state index is 0.229. The van der Waals surface area contributed by atoms with Gasteiger partial charge >= 0.3 is 0 Å².